The molecule has 0 radical (unpaired) electrons. The van der Waals surface area contributed by atoms with Crippen LogP contribution in [0.1, 0.15) is 36.3 Å². The van der Waals surface area contributed by atoms with Gasteiger partial charge in [-0.2, -0.15) is 0 Å². The summed E-state index contributed by atoms with van der Waals surface area (Å²) < 4.78 is 0. The number of benzene rings is 1. The van der Waals surface area contributed by atoms with Crippen LogP contribution in [0.4, 0.5) is 5.82 Å². The van der Waals surface area contributed by atoms with Crippen molar-refractivity contribution < 1.29 is 4.79 Å². The van der Waals surface area contributed by atoms with Crippen molar-refractivity contribution in [1.82, 2.24) is 20.5 Å². The maximum Gasteiger partial charge on any atom is 0.272 e. The highest BCUT2D eigenvalue weighted by molar-refractivity contribution is 5.92. The molecule has 6 heteroatoms. The van der Waals surface area contributed by atoms with Crippen molar-refractivity contribution in [2.24, 2.45) is 0 Å². The van der Waals surface area contributed by atoms with Crippen LogP contribution in [-0.2, 0) is 6.42 Å². The largest absolute Gasteiger partial charge is 0.368 e. The van der Waals surface area contributed by atoms with Gasteiger partial charge in [0.15, 0.2) is 5.69 Å². The van der Waals surface area contributed by atoms with E-state index in [4.69, 9.17) is 0 Å². The Morgan fingerprint density at radius 2 is 2.04 bits per heavy atom. The maximum absolute atomic E-state index is 12.0. The van der Waals surface area contributed by atoms with Gasteiger partial charge in [0.2, 0.25) is 0 Å². The van der Waals surface area contributed by atoms with Crippen LogP contribution in [0, 0.1) is 0 Å². The van der Waals surface area contributed by atoms with Gasteiger partial charge < -0.3 is 15.6 Å². The molecule has 0 aliphatic carbocycles. The fourth-order valence-electron chi connectivity index (χ4n) is 2.61. The third kappa shape index (κ3) is 4.15. The Morgan fingerprint density at radius 3 is 2.80 bits per heavy atom. The van der Waals surface area contributed by atoms with Crippen LogP contribution >= 0.6 is 0 Å². The molecule has 3 N–H and O–H groups in total. The number of carbonyl (C=O) groups is 1. The van der Waals surface area contributed by atoms with Crippen molar-refractivity contribution in [3.63, 3.8) is 0 Å². The second kappa shape index (κ2) is 7.79. The van der Waals surface area contributed by atoms with E-state index in [1.54, 1.807) is 12.1 Å². The Kier molecular flexibility index (Phi) is 5.28. The number of carbonyl (C=O) groups excluding carboxylic acids is 1. The highest BCUT2D eigenvalue weighted by Crippen LogP contribution is 2.18. The van der Waals surface area contributed by atoms with Gasteiger partial charge >= 0.3 is 0 Å². The average Bonchev–Trinajstić information content (AvgIpc) is 3.05. The Hall–Kier alpha value is -2.89. The number of hydrogen-bond donors (Lipinski definition) is 3. The highest BCUT2D eigenvalue weighted by atomic mass is 16.2. The van der Waals surface area contributed by atoms with E-state index in [9.17, 15) is 4.79 Å². The summed E-state index contributed by atoms with van der Waals surface area (Å²) in [5, 5.41) is 15.5. The van der Waals surface area contributed by atoms with Crippen molar-refractivity contribution in [1.29, 1.82) is 0 Å². The normalized spacial score (nSPS) is 12.1. The minimum Gasteiger partial charge on any atom is -0.368 e. The first-order chi connectivity index (χ1) is 12.2. The summed E-state index contributed by atoms with van der Waals surface area (Å²) in [6.07, 6.45) is 3.80. The van der Waals surface area contributed by atoms with Crippen LogP contribution in [0.2, 0.25) is 0 Å². The van der Waals surface area contributed by atoms with Gasteiger partial charge in [0.25, 0.3) is 5.91 Å². The molecule has 3 rings (SSSR count). The summed E-state index contributed by atoms with van der Waals surface area (Å²) >= 11 is 0. The van der Waals surface area contributed by atoms with E-state index < -0.39 is 0 Å². The predicted molar refractivity (Wildman–Crippen MR) is 99.7 cm³/mol. The molecule has 1 unspecified atom stereocenters. The van der Waals surface area contributed by atoms with Crippen molar-refractivity contribution in [3.8, 4) is 0 Å². The van der Waals surface area contributed by atoms with E-state index in [-0.39, 0.29) is 11.9 Å². The van der Waals surface area contributed by atoms with Crippen LogP contribution in [0.15, 0.2) is 42.6 Å². The first-order valence-corrected chi connectivity index (χ1v) is 8.61. The van der Waals surface area contributed by atoms with Crippen molar-refractivity contribution in [2.45, 2.75) is 32.7 Å². The van der Waals surface area contributed by atoms with Crippen LogP contribution in [0.25, 0.3) is 10.9 Å². The van der Waals surface area contributed by atoms with Crippen LogP contribution in [0.3, 0.4) is 0 Å². The Bertz CT molecular complexity index is 840. The number of H-pyrrole nitrogens is 1. The zero-order chi connectivity index (χ0) is 17.6. The quantitative estimate of drug-likeness (QED) is 0.618. The Labute approximate surface area is 147 Å². The molecule has 6 nitrogen and oxygen atoms in total. The van der Waals surface area contributed by atoms with Gasteiger partial charge in [-0.05, 0) is 43.5 Å². The van der Waals surface area contributed by atoms with E-state index >= 15 is 0 Å². The van der Waals surface area contributed by atoms with Gasteiger partial charge in [-0.1, -0.05) is 25.1 Å². The standard InChI is InChI=1S/C19H23N5O/c1-3-13(2)22-19(25)17-8-9-18(24-23-17)20-11-10-14-12-21-16-7-5-4-6-15(14)16/h4-9,12-13,21H,3,10-11H2,1-2H3,(H,20,24)(H,22,25). The van der Waals surface area contributed by atoms with E-state index in [0.29, 0.717) is 11.5 Å². The SMILES string of the molecule is CCC(C)NC(=O)c1ccc(NCCc2c[nH]c3ccccc23)nn1. The molecular weight excluding hydrogens is 314 g/mol. The van der Waals surface area contributed by atoms with Crippen molar-refractivity contribution in [2.75, 3.05) is 11.9 Å². The third-order valence-electron chi connectivity index (χ3n) is 4.26. The van der Waals surface area contributed by atoms with Gasteiger partial charge in [0, 0.05) is 29.7 Å². The summed E-state index contributed by atoms with van der Waals surface area (Å²) in [4.78, 5) is 15.3. The molecule has 1 amide bonds. The Morgan fingerprint density at radius 1 is 1.20 bits per heavy atom. The van der Waals surface area contributed by atoms with E-state index in [1.165, 1.54) is 10.9 Å². The molecule has 3 aromatic rings. The number of anilines is 1. The van der Waals surface area contributed by atoms with Crippen LogP contribution in [0.5, 0.6) is 0 Å². The fourth-order valence-corrected chi connectivity index (χ4v) is 2.61. The number of fused-ring (bicyclic) bond motifs is 1. The molecule has 0 aliphatic rings. The number of aromatic amines is 1. The van der Waals surface area contributed by atoms with Crippen LogP contribution < -0.4 is 10.6 Å². The van der Waals surface area contributed by atoms with Crippen LogP contribution in [-0.4, -0.2) is 33.7 Å². The molecule has 0 aliphatic heterocycles. The lowest BCUT2D eigenvalue weighted by molar-refractivity contribution is 0.0933. The number of hydrogen-bond acceptors (Lipinski definition) is 4. The topological polar surface area (TPSA) is 82.7 Å². The molecule has 0 fully saturated rings. The number of aromatic nitrogens is 3. The first-order valence-electron chi connectivity index (χ1n) is 8.61. The summed E-state index contributed by atoms with van der Waals surface area (Å²) in [7, 11) is 0. The number of nitrogens with one attached hydrogen (secondary N) is 3. The number of para-hydroxylation sites is 1. The molecule has 0 saturated heterocycles. The monoisotopic (exact) mass is 337 g/mol. The molecular formula is C19H23N5O. The molecule has 2 aromatic heterocycles. The lowest BCUT2D eigenvalue weighted by atomic mass is 10.1. The summed E-state index contributed by atoms with van der Waals surface area (Å²) in [5.41, 5.74) is 2.75. The van der Waals surface area contributed by atoms with E-state index in [2.05, 4.69) is 37.9 Å². The van der Waals surface area contributed by atoms with E-state index in [1.807, 2.05) is 32.2 Å². The zero-order valence-corrected chi connectivity index (χ0v) is 14.5. The smallest absolute Gasteiger partial charge is 0.272 e. The van der Waals surface area contributed by atoms with Gasteiger partial charge in [-0.25, -0.2) is 0 Å². The fraction of sp³-hybridized carbons (Fsp3) is 0.316. The minimum absolute atomic E-state index is 0.128. The maximum atomic E-state index is 12.0. The van der Waals surface area contributed by atoms with E-state index in [0.717, 1.165) is 24.9 Å². The molecule has 0 spiro atoms. The van der Waals surface area contributed by atoms with Gasteiger partial charge in [0.1, 0.15) is 5.82 Å². The zero-order valence-electron chi connectivity index (χ0n) is 14.5. The molecule has 1 aromatic carbocycles. The number of nitrogens with zero attached hydrogens (tertiary/aromatic N) is 2. The van der Waals surface area contributed by atoms with Crippen molar-refractivity contribution in [3.05, 3.63) is 53.9 Å². The summed E-state index contributed by atoms with van der Waals surface area (Å²) in [6.45, 7) is 4.73. The molecule has 0 bridgehead atoms. The Balaban J connectivity index is 1.54. The molecule has 25 heavy (non-hydrogen) atoms. The molecule has 0 saturated carbocycles. The van der Waals surface area contributed by atoms with Gasteiger partial charge in [-0.3, -0.25) is 4.79 Å². The molecule has 1 atom stereocenters. The third-order valence-corrected chi connectivity index (χ3v) is 4.26. The average molecular weight is 337 g/mol. The highest BCUT2D eigenvalue weighted by Gasteiger charge is 2.10. The lowest BCUT2D eigenvalue weighted by Crippen LogP contribution is -2.32. The number of rotatable bonds is 7. The second-order valence-corrected chi connectivity index (χ2v) is 6.12. The molecule has 2 heterocycles. The van der Waals surface area contributed by atoms with Gasteiger partial charge in [0.05, 0.1) is 0 Å². The summed E-state index contributed by atoms with van der Waals surface area (Å²) in [6, 6.07) is 11.9. The number of amides is 1. The minimum atomic E-state index is -0.188. The second-order valence-electron chi connectivity index (χ2n) is 6.12. The summed E-state index contributed by atoms with van der Waals surface area (Å²) in [5.74, 6) is 0.479. The first kappa shape index (κ1) is 17.0. The van der Waals surface area contributed by atoms with Crippen molar-refractivity contribution >= 4 is 22.6 Å². The lowest BCUT2D eigenvalue weighted by Gasteiger charge is -2.10. The van der Waals surface area contributed by atoms with Gasteiger partial charge in [-0.15, -0.1) is 10.2 Å². The predicted octanol–water partition coefficient (Wildman–Crippen LogP) is 3.14. The molecule has 130 valence electrons.